The van der Waals surface area contributed by atoms with Crippen LogP contribution in [0, 0.1) is 5.82 Å². The minimum absolute atomic E-state index is 0.0492. The number of rotatable bonds is 6. The molecule has 0 radical (unpaired) electrons. The molecule has 0 saturated heterocycles. The van der Waals surface area contributed by atoms with Crippen molar-refractivity contribution in [1.29, 1.82) is 0 Å². The van der Waals surface area contributed by atoms with E-state index in [-0.39, 0.29) is 32.6 Å². The number of aromatic amines is 1. The van der Waals surface area contributed by atoms with E-state index in [1.807, 2.05) is 0 Å². The number of hydrogen-bond donors (Lipinski definition) is 3. The van der Waals surface area contributed by atoms with E-state index < -0.39 is 27.3 Å². The molecule has 3 N–H and O–H groups in total. The zero-order valence-electron chi connectivity index (χ0n) is 17.8. The van der Waals surface area contributed by atoms with Crippen molar-refractivity contribution in [3.05, 3.63) is 98.9 Å². The summed E-state index contributed by atoms with van der Waals surface area (Å²) in [7, 11) is -4.08. The molecular formula is C23H19FN4O5S. The normalized spacial score (nSPS) is 11.4. The Morgan fingerprint density at radius 1 is 1.00 bits per heavy atom. The number of hydrogen-bond acceptors (Lipinski definition) is 5. The molecule has 0 unspecified atom stereocenters. The summed E-state index contributed by atoms with van der Waals surface area (Å²) in [5.74, 6) is -1.17. The predicted octanol–water partition coefficient (Wildman–Crippen LogP) is 2.90. The van der Waals surface area contributed by atoms with Crippen molar-refractivity contribution in [3.63, 3.8) is 0 Å². The molecule has 0 atom stereocenters. The van der Waals surface area contributed by atoms with Gasteiger partial charge in [0, 0.05) is 41.5 Å². The second kappa shape index (κ2) is 8.94. The zero-order valence-corrected chi connectivity index (χ0v) is 18.6. The molecule has 0 aliphatic rings. The van der Waals surface area contributed by atoms with Crippen molar-refractivity contribution >= 4 is 38.2 Å². The third-order valence-electron chi connectivity index (χ3n) is 5.05. The number of amides is 1. The van der Waals surface area contributed by atoms with Crippen LogP contribution < -0.4 is 21.2 Å². The molecule has 4 aromatic rings. The topological polar surface area (TPSA) is 130 Å². The van der Waals surface area contributed by atoms with Gasteiger partial charge < -0.3 is 14.9 Å². The fourth-order valence-electron chi connectivity index (χ4n) is 3.37. The molecule has 0 aliphatic heterocycles. The highest BCUT2D eigenvalue weighted by Crippen LogP contribution is 2.23. The van der Waals surface area contributed by atoms with Crippen molar-refractivity contribution in [2.45, 2.75) is 18.4 Å². The van der Waals surface area contributed by atoms with Crippen LogP contribution in [0.1, 0.15) is 17.3 Å². The van der Waals surface area contributed by atoms with Gasteiger partial charge in [0.2, 0.25) is 5.56 Å². The lowest BCUT2D eigenvalue weighted by atomic mass is 10.1. The first-order valence-corrected chi connectivity index (χ1v) is 11.6. The smallest absolute Gasteiger partial charge is 0.261 e. The van der Waals surface area contributed by atoms with Crippen molar-refractivity contribution < 1.29 is 17.6 Å². The molecule has 0 aliphatic carbocycles. The SMILES string of the molecule is CCn1cc(NC(=O)c2cc(=O)[nH]c3ccc(S(=O)(=O)Nc4ccc(F)cc4)cc23)ccc1=O. The Bertz CT molecular complexity index is 1630. The van der Waals surface area contributed by atoms with E-state index in [4.69, 9.17) is 0 Å². The molecule has 0 bridgehead atoms. The van der Waals surface area contributed by atoms with Gasteiger partial charge in [0.1, 0.15) is 5.82 Å². The summed E-state index contributed by atoms with van der Waals surface area (Å²) >= 11 is 0. The Balaban J connectivity index is 1.73. The summed E-state index contributed by atoms with van der Waals surface area (Å²) in [5.41, 5.74) is -0.0702. The van der Waals surface area contributed by atoms with E-state index in [1.54, 1.807) is 6.92 Å². The van der Waals surface area contributed by atoms with Gasteiger partial charge in [0.25, 0.3) is 21.5 Å². The van der Waals surface area contributed by atoms with Crippen molar-refractivity contribution in [2.24, 2.45) is 0 Å². The summed E-state index contributed by atoms with van der Waals surface area (Å²) in [4.78, 5) is 39.3. The van der Waals surface area contributed by atoms with Crippen molar-refractivity contribution in [3.8, 4) is 0 Å². The van der Waals surface area contributed by atoms with Crippen LogP contribution >= 0.6 is 0 Å². The van der Waals surface area contributed by atoms with Gasteiger partial charge >= 0.3 is 0 Å². The van der Waals surface area contributed by atoms with Crippen LogP contribution in [0.25, 0.3) is 10.9 Å². The summed E-state index contributed by atoms with van der Waals surface area (Å²) < 4.78 is 42.6. The molecule has 174 valence electrons. The van der Waals surface area contributed by atoms with Crippen LogP contribution in [0.5, 0.6) is 0 Å². The van der Waals surface area contributed by atoms with Gasteiger partial charge in [-0.05, 0) is 55.5 Å². The standard InChI is InChI=1S/C23H19FN4O5S/c1-2-28-13-16(7-10-22(28)30)25-23(31)19-12-21(29)26-20-9-8-17(11-18(19)20)34(32,33)27-15-5-3-14(24)4-6-15/h3-13,27H,2H2,1H3,(H,25,31)(H,26,29). The molecule has 1 amide bonds. The number of nitrogens with one attached hydrogen (secondary N) is 3. The maximum atomic E-state index is 13.1. The first kappa shape index (κ1) is 22.9. The molecule has 2 aromatic heterocycles. The van der Waals surface area contributed by atoms with Gasteiger partial charge in [-0.3, -0.25) is 19.1 Å². The van der Waals surface area contributed by atoms with Crippen LogP contribution in [-0.2, 0) is 16.6 Å². The van der Waals surface area contributed by atoms with Gasteiger partial charge in [-0.2, -0.15) is 0 Å². The fraction of sp³-hybridized carbons (Fsp3) is 0.0870. The van der Waals surface area contributed by atoms with Gasteiger partial charge in [-0.25, -0.2) is 12.8 Å². The summed E-state index contributed by atoms with van der Waals surface area (Å²) in [6.45, 7) is 2.18. The summed E-state index contributed by atoms with van der Waals surface area (Å²) in [6.07, 6.45) is 1.47. The number of fused-ring (bicyclic) bond motifs is 1. The van der Waals surface area contributed by atoms with Gasteiger partial charge in [-0.1, -0.05) is 0 Å². The van der Waals surface area contributed by atoms with E-state index in [1.165, 1.54) is 53.2 Å². The number of aryl methyl sites for hydroxylation is 1. The molecular weight excluding hydrogens is 463 g/mol. The second-order valence-corrected chi connectivity index (χ2v) is 9.05. The molecule has 11 heteroatoms. The number of halogens is 1. The Morgan fingerprint density at radius 3 is 2.41 bits per heavy atom. The van der Waals surface area contributed by atoms with Crippen LogP contribution in [0.4, 0.5) is 15.8 Å². The van der Waals surface area contributed by atoms with Crippen LogP contribution in [-0.4, -0.2) is 23.9 Å². The minimum Gasteiger partial charge on any atom is -0.322 e. The van der Waals surface area contributed by atoms with Gasteiger partial charge in [0.05, 0.1) is 16.1 Å². The van der Waals surface area contributed by atoms with E-state index in [9.17, 15) is 27.2 Å². The lowest BCUT2D eigenvalue weighted by Crippen LogP contribution is -2.21. The number of carbonyl (C=O) groups is 1. The molecule has 2 heterocycles. The summed E-state index contributed by atoms with van der Waals surface area (Å²) in [5, 5.41) is 2.83. The number of H-pyrrole nitrogens is 1. The molecule has 0 saturated carbocycles. The number of anilines is 2. The first-order valence-electron chi connectivity index (χ1n) is 10.1. The molecule has 4 rings (SSSR count). The second-order valence-electron chi connectivity index (χ2n) is 7.36. The van der Waals surface area contributed by atoms with Crippen molar-refractivity contribution in [1.82, 2.24) is 9.55 Å². The maximum Gasteiger partial charge on any atom is 0.261 e. The Hall–Kier alpha value is -4.25. The molecule has 34 heavy (non-hydrogen) atoms. The molecule has 2 aromatic carbocycles. The van der Waals surface area contributed by atoms with Gasteiger partial charge in [0.15, 0.2) is 0 Å². The molecule has 9 nitrogen and oxygen atoms in total. The Kier molecular flexibility index (Phi) is 6.03. The lowest BCUT2D eigenvalue weighted by molar-refractivity contribution is 0.102. The van der Waals surface area contributed by atoms with Gasteiger partial charge in [-0.15, -0.1) is 0 Å². The highest BCUT2D eigenvalue weighted by atomic mass is 32.2. The Morgan fingerprint density at radius 2 is 1.71 bits per heavy atom. The highest BCUT2D eigenvalue weighted by molar-refractivity contribution is 7.92. The number of pyridine rings is 2. The number of carbonyl (C=O) groups excluding carboxylic acids is 1. The lowest BCUT2D eigenvalue weighted by Gasteiger charge is -2.12. The quantitative estimate of drug-likeness (QED) is 0.389. The predicted molar refractivity (Wildman–Crippen MR) is 126 cm³/mol. The number of sulfonamides is 1. The van der Waals surface area contributed by atoms with Crippen molar-refractivity contribution in [2.75, 3.05) is 10.0 Å². The first-order chi connectivity index (χ1) is 16.2. The van der Waals surface area contributed by atoms with Crippen LogP contribution in [0.15, 0.2) is 81.3 Å². The van der Waals surface area contributed by atoms with Crippen LogP contribution in [0.2, 0.25) is 0 Å². The van der Waals surface area contributed by atoms with E-state index in [2.05, 4.69) is 15.0 Å². The monoisotopic (exact) mass is 482 g/mol. The highest BCUT2D eigenvalue weighted by Gasteiger charge is 2.19. The average molecular weight is 482 g/mol. The third-order valence-corrected chi connectivity index (χ3v) is 6.43. The third kappa shape index (κ3) is 4.74. The van der Waals surface area contributed by atoms with E-state index in [0.29, 0.717) is 12.2 Å². The average Bonchev–Trinajstić information content (AvgIpc) is 2.80. The number of aromatic nitrogens is 2. The van der Waals surface area contributed by atoms with E-state index in [0.717, 1.165) is 18.2 Å². The fourth-order valence-corrected chi connectivity index (χ4v) is 4.46. The molecule has 0 fully saturated rings. The largest absolute Gasteiger partial charge is 0.322 e. The number of benzene rings is 2. The number of nitrogens with zero attached hydrogens (tertiary/aromatic N) is 1. The van der Waals surface area contributed by atoms with E-state index >= 15 is 0 Å². The molecule has 0 spiro atoms. The summed E-state index contributed by atoms with van der Waals surface area (Å²) in [6, 6.07) is 12.5. The maximum absolute atomic E-state index is 13.1. The van der Waals surface area contributed by atoms with Crippen LogP contribution in [0.3, 0.4) is 0 Å². The zero-order chi connectivity index (χ0) is 24.5. The Labute approximate surface area is 192 Å². The minimum atomic E-state index is -4.08.